The molecule has 1 aromatic heterocycles. The Hall–Kier alpha value is -3.52. The molecular weight excluding hydrogens is 478 g/mol. The first-order chi connectivity index (χ1) is 18.6. The van der Waals surface area contributed by atoms with Crippen LogP contribution in [0.2, 0.25) is 0 Å². The second-order valence-electron chi connectivity index (χ2n) is 11.0. The Labute approximate surface area is 223 Å². The second-order valence-corrected chi connectivity index (χ2v) is 11.0. The molecule has 2 aliphatic heterocycles. The lowest BCUT2D eigenvalue weighted by atomic mass is 9.88. The van der Waals surface area contributed by atoms with Crippen LogP contribution in [-0.4, -0.2) is 72.6 Å². The van der Waals surface area contributed by atoms with Crippen LogP contribution in [0.3, 0.4) is 0 Å². The van der Waals surface area contributed by atoms with Crippen molar-refractivity contribution in [1.29, 1.82) is 0 Å². The molecule has 8 heteroatoms. The average molecular weight is 516 g/mol. The number of H-pyrrole nitrogens is 1. The number of aromatic nitrogens is 1. The lowest BCUT2D eigenvalue weighted by molar-refractivity contribution is -0.127. The highest BCUT2D eigenvalue weighted by Crippen LogP contribution is 2.29. The Balaban J connectivity index is 1.11. The van der Waals surface area contributed by atoms with Crippen molar-refractivity contribution in [3.05, 3.63) is 65.4 Å². The molecule has 3 N–H and O–H groups in total. The van der Waals surface area contributed by atoms with E-state index >= 15 is 0 Å². The fourth-order valence-corrected chi connectivity index (χ4v) is 6.28. The molecule has 2 fully saturated rings. The predicted octanol–water partition coefficient (Wildman–Crippen LogP) is 3.32. The SMILES string of the molecule is O=C(NCCN1CCNC1=O)[C@@H]1C[C@H](COc2ccc3c(c2)CCC3)CN(Cc2c[nH]c3ccccc23)C1. The van der Waals surface area contributed by atoms with Crippen LogP contribution < -0.4 is 15.4 Å². The summed E-state index contributed by atoms with van der Waals surface area (Å²) in [7, 11) is 0. The van der Waals surface area contributed by atoms with Gasteiger partial charge in [-0.3, -0.25) is 9.69 Å². The Morgan fingerprint density at radius 3 is 2.89 bits per heavy atom. The minimum Gasteiger partial charge on any atom is -0.493 e. The number of aryl methyl sites for hydroxylation is 2. The topological polar surface area (TPSA) is 89.7 Å². The third-order valence-electron chi connectivity index (χ3n) is 8.23. The van der Waals surface area contributed by atoms with Gasteiger partial charge in [-0.25, -0.2) is 4.79 Å². The molecule has 38 heavy (non-hydrogen) atoms. The molecule has 3 amide bonds. The van der Waals surface area contributed by atoms with Crippen LogP contribution >= 0.6 is 0 Å². The number of urea groups is 1. The molecule has 8 nitrogen and oxygen atoms in total. The highest BCUT2D eigenvalue weighted by atomic mass is 16.5. The molecule has 6 rings (SSSR count). The number of nitrogens with zero attached hydrogens (tertiary/aromatic N) is 2. The third kappa shape index (κ3) is 5.50. The van der Waals surface area contributed by atoms with E-state index in [-0.39, 0.29) is 23.8 Å². The Kier molecular flexibility index (Phi) is 7.22. The summed E-state index contributed by atoms with van der Waals surface area (Å²) >= 11 is 0. The number of rotatable bonds is 9. The normalized spacial score (nSPS) is 21.5. The lowest BCUT2D eigenvalue weighted by Crippen LogP contribution is -2.48. The molecule has 0 unspecified atom stereocenters. The van der Waals surface area contributed by atoms with Gasteiger partial charge in [0.05, 0.1) is 12.5 Å². The summed E-state index contributed by atoms with van der Waals surface area (Å²) in [6.45, 7) is 5.36. The number of hydrogen-bond acceptors (Lipinski definition) is 4. The van der Waals surface area contributed by atoms with Crippen molar-refractivity contribution in [2.45, 2.75) is 32.2 Å². The molecule has 3 heterocycles. The number of aromatic amines is 1. The summed E-state index contributed by atoms with van der Waals surface area (Å²) in [4.78, 5) is 32.6. The maximum absolute atomic E-state index is 13.3. The Bertz CT molecular complexity index is 1300. The number of fused-ring (bicyclic) bond motifs is 2. The number of hydrogen-bond donors (Lipinski definition) is 3. The quantitative estimate of drug-likeness (QED) is 0.408. The van der Waals surface area contributed by atoms with Crippen molar-refractivity contribution >= 4 is 22.8 Å². The average Bonchev–Trinajstić information content (AvgIpc) is 3.67. The lowest BCUT2D eigenvalue weighted by Gasteiger charge is -2.37. The molecule has 3 aliphatic rings. The number of para-hydroxylation sites is 1. The molecule has 0 spiro atoms. The monoisotopic (exact) mass is 515 g/mol. The smallest absolute Gasteiger partial charge is 0.317 e. The summed E-state index contributed by atoms with van der Waals surface area (Å²) in [5, 5.41) is 7.14. The van der Waals surface area contributed by atoms with Gasteiger partial charge in [-0.1, -0.05) is 24.3 Å². The number of piperidine rings is 1. The first-order valence-corrected chi connectivity index (χ1v) is 13.9. The van der Waals surface area contributed by atoms with E-state index in [1.54, 1.807) is 4.90 Å². The van der Waals surface area contributed by atoms with E-state index in [4.69, 9.17) is 4.74 Å². The minimum atomic E-state index is -0.116. The highest BCUT2D eigenvalue weighted by Gasteiger charge is 2.32. The minimum absolute atomic E-state index is 0.0504. The van der Waals surface area contributed by atoms with Gasteiger partial charge in [-0.2, -0.15) is 0 Å². The van der Waals surface area contributed by atoms with Crippen molar-refractivity contribution in [2.24, 2.45) is 11.8 Å². The van der Waals surface area contributed by atoms with Gasteiger partial charge >= 0.3 is 6.03 Å². The molecule has 1 aliphatic carbocycles. The number of benzene rings is 2. The standard InChI is InChI=1S/C30H37N5O3/c36-29(31-10-12-35-13-11-32-30(35)37)24-14-21(20-38-26-9-8-22-4-3-5-23(22)15-26)17-34(18-24)19-25-16-33-28-7-2-1-6-27(25)28/h1-2,6-9,15-16,21,24,33H,3-5,10-14,17-20H2,(H,31,36)(H,32,37)/t21-,24+/m0/s1. The van der Waals surface area contributed by atoms with E-state index in [1.165, 1.54) is 34.9 Å². The van der Waals surface area contributed by atoms with Gasteiger partial charge in [0.1, 0.15) is 5.75 Å². The van der Waals surface area contributed by atoms with Crippen molar-refractivity contribution in [1.82, 2.24) is 25.4 Å². The summed E-state index contributed by atoms with van der Waals surface area (Å²) in [5.74, 6) is 1.14. The van der Waals surface area contributed by atoms with Gasteiger partial charge in [0.15, 0.2) is 0 Å². The van der Waals surface area contributed by atoms with E-state index in [0.717, 1.165) is 37.2 Å². The van der Waals surface area contributed by atoms with Gasteiger partial charge < -0.3 is 25.3 Å². The molecule has 2 saturated heterocycles. The molecule has 3 aromatic rings. The molecule has 0 bridgehead atoms. The number of carbonyl (C=O) groups excluding carboxylic acids is 2. The van der Waals surface area contributed by atoms with Crippen molar-refractivity contribution in [3.63, 3.8) is 0 Å². The molecule has 0 saturated carbocycles. The fourth-order valence-electron chi connectivity index (χ4n) is 6.28. The molecule has 2 atom stereocenters. The van der Waals surface area contributed by atoms with Crippen LogP contribution in [-0.2, 0) is 24.2 Å². The summed E-state index contributed by atoms with van der Waals surface area (Å²) in [6, 6.07) is 14.8. The van der Waals surface area contributed by atoms with E-state index < -0.39 is 0 Å². The van der Waals surface area contributed by atoms with E-state index in [9.17, 15) is 9.59 Å². The fraction of sp³-hybridized carbons (Fsp3) is 0.467. The van der Waals surface area contributed by atoms with E-state index in [2.05, 4.69) is 63.1 Å². The number of likely N-dealkylation sites (tertiary alicyclic amines) is 1. The van der Waals surface area contributed by atoms with E-state index in [0.29, 0.717) is 39.3 Å². The maximum Gasteiger partial charge on any atom is 0.317 e. The Morgan fingerprint density at radius 2 is 2.00 bits per heavy atom. The summed E-state index contributed by atoms with van der Waals surface area (Å²) in [6.07, 6.45) is 6.41. The number of amides is 3. The first kappa shape index (κ1) is 24.8. The van der Waals surface area contributed by atoms with Crippen LogP contribution in [0.25, 0.3) is 10.9 Å². The number of nitrogens with one attached hydrogen (secondary N) is 3. The first-order valence-electron chi connectivity index (χ1n) is 13.9. The Morgan fingerprint density at radius 1 is 1.11 bits per heavy atom. The van der Waals surface area contributed by atoms with Gasteiger partial charge in [-0.15, -0.1) is 0 Å². The van der Waals surface area contributed by atoms with Gasteiger partial charge in [0.2, 0.25) is 5.91 Å². The molecule has 2 aromatic carbocycles. The van der Waals surface area contributed by atoms with Crippen molar-refractivity contribution in [3.8, 4) is 5.75 Å². The molecule has 200 valence electrons. The molecule has 0 radical (unpaired) electrons. The zero-order chi connectivity index (χ0) is 25.9. The summed E-state index contributed by atoms with van der Waals surface area (Å²) < 4.78 is 6.30. The van der Waals surface area contributed by atoms with Crippen LogP contribution in [0, 0.1) is 11.8 Å². The van der Waals surface area contributed by atoms with Gasteiger partial charge in [0.25, 0.3) is 0 Å². The van der Waals surface area contributed by atoms with Crippen LogP contribution in [0.5, 0.6) is 5.75 Å². The van der Waals surface area contributed by atoms with Crippen LogP contribution in [0.4, 0.5) is 4.79 Å². The number of ether oxygens (including phenoxy) is 1. The number of carbonyl (C=O) groups is 2. The maximum atomic E-state index is 13.3. The van der Waals surface area contributed by atoms with Gasteiger partial charge in [0, 0.05) is 68.8 Å². The third-order valence-corrected chi connectivity index (χ3v) is 8.23. The van der Waals surface area contributed by atoms with Crippen LogP contribution in [0.1, 0.15) is 29.5 Å². The predicted molar refractivity (Wildman–Crippen MR) is 147 cm³/mol. The van der Waals surface area contributed by atoms with Crippen LogP contribution in [0.15, 0.2) is 48.7 Å². The second kappa shape index (κ2) is 11.1. The largest absolute Gasteiger partial charge is 0.493 e. The highest BCUT2D eigenvalue weighted by molar-refractivity contribution is 5.83. The summed E-state index contributed by atoms with van der Waals surface area (Å²) in [5.41, 5.74) is 5.25. The molecular formula is C30H37N5O3. The zero-order valence-electron chi connectivity index (χ0n) is 21.9. The van der Waals surface area contributed by atoms with Gasteiger partial charge in [-0.05, 0) is 60.6 Å². The van der Waals surface area contributed by atoms with Crippen molar-refractivity contribution in [2.75, 3.05) is 45.9 Å². The zero-order valence-corrected chi connectivity index (χ0v) is 21.9. The van der Waals surface area contributed by atoms with E-state index in [1.807, 2.05) is 6.07 Å². The van der Waals surface area contributed by atoms with Crippen molar-refractivity contribution < 1.29 is 14.3 Å².